The van der Waals surface area contributed by atoms with E-state index in [2.05, 4.69) is 20.8 Å². The summed E-state index contributed by atoms with van der Waals surface area (Å²) in [6, 6.07) is 0. The average molecular weight is 307 g/mol. The van der Waals surface area contributed by atoms with Crippen LogP contribution in [0.3, 0.4) is 0 Å². The number of hydrogen-bond donors (Lipinski definition) is 0. The van der Waals surface area contributed by atoms with Crippen LogP contribution in [0.25, 0.3) is 0 Å². The van der Waals surface area contributed by atoms with Crippen molar-refractivity contribution in [1.82, 2.24) is 0 Å². The largest absolute Gasteiger partial charge is 0.298 e. The minimum atomic E-state index is -0.0505. The highest BCUT2D eigenvalue weighted by Gasteiger charge is 2.60. The van der Waals surface area contributed by atoms with Gasteiger partial charge < -0.3 is 0 Å². The van der Waals surface area contributed by atoms with Gasteiger partial charge in [0, 0.05) is 6.42 Å². The fraction of sp³-hybridized carbons (Fsp3) is 0.947. The Kier molecular flexibility index (Phi) is 2.99. The lowest BCUT2D eigenvalue weighted by molar-refractivity contribution is -0.156. The number of carbonyl (C=O) groups is 1. The number of Topliss-reactive ketones (excluding diaryl/α,β-unsaturated/α-hetero) is 1. The Morgan fingerprint density at radius 3 is 2.24 bits per heavy atom. The second kappa shape index (κ2) is 4.30. The highest BCUT2D eigenvalue weighted by Crippen LogP contribution is 2.70. The van der Waals surface area contributed by atoms with E-state index in [1.54, 1.807) is 0 Å². The van der Waals surface area contributed by atoms with Crippen LogP contribution in [0.1, 0.15) is 78.6 Å². The van der Waals surface area contributed by atoms with Crippen LogP contribution in [0, 0.1) is 22.2 Å². The lowest BCUT2D eigenvalue weighted by Gasteiger charge is -2.65. The van der Waals surface area contributed by atoms with Crippen molar-refractivity contribution in [3.8, 4) is 0 Å². The van der Waals surface area contributed by atoms with E-state index in [4.69, 9.17) is 0 Å². The van der Waals surface area contributed by atoms with E-state index in [1.807, 2.05) is 11.8 Å². The molecule has 0 aromatic rings. The molecule has 0 aromatic heterocycles. The van der Waals surface area contributed by atoms with Crippen molar-refractivity contribution in [1.29, 1.82) is 0 Å². The van der Waals surface area contributed by atoms with Gasteiger partial charge in [0.15, 0.2) is 0 Å². The van der Waals surface area contributed by atoms with Crippen LogP contribution in [0.2, 0.25) is 0 Å². The molecule has 2 heteroatoms. The van der Waals surface area contributed by atoms with E-state index in [9.17, 15) is 4.79 Å². The van der Waals surface area contributed by atoms with Crippen LogP contribution in [-0.2, 0) is 4.79 Å². The van der Waals surface area contributed by atoms with E-state index in [1.165, 1.54) is 50.7 Å². The van der Waals surface area contributed by atoms with Crippen molar-refractivity contribution in [3.05, 3.63) is 0 Å². The van der Waals surface area contributed by atoms with Gasteiger partial charge in [-0.3, -0.25) is 4.79 Å². The zero-order valence-corrected chi connectivity index (χ0v) is 14.8. The lowest BCUT2D eigenvalue weighted by Crippen LogP contribution is -2.56. The highest BCUT2D eigenvalue weighted by atomic mass is 32.2. The zero-order valence-electron chi connectivity index (χ0n) is 14.0. The molecule has 4 bridgehead atoms. The minimum absolute atomic E-state index is 0.0505. The summed E-state index contributed by atoms with van der Waals surface area (Å²) in [6.45, 7) is 7.25. The Balaban J connectivity index is 1.58. The van der Waals surface area contributed by atoms with Gasteiger partial charge in [-0.25, -0.2) is 0 Å². The summed E-state index contributed by atoms with van der Waals surface area (Å²) >= 11 is 1.93. The maximum absolute atomic E-state index is 13.0. The third kappa shape index (κ3) is 2.31. The van der Waals surface area contributed by atoms with Gasteiger partial charge in [0.2, 0.25) is 0 Å². The molecule has 5 rings (SSSR count). The van der Waals surface area contributed by atoms with Gasteiger partial charge in [-0.2, -0.15) is 0 Å². The number of rotatable bonds is 3. The normalized spacial score (nSPS) is 55.1. The Bertz CT molecular complexity index is 458. The van der Waals surface area contributed by atoms with Gasteiger partial charge >= 0.3 is 0 Å². The molecule has 0 spiro atoms. The molecule has 3 unspecified atom stereocenters. The summed E-state index contributed by atoms with van der Waals surface area (Å²) in [5.74, 6) is 2.68. The number of ketones is 1. The number of carbonyl (C=O) groups excluding carboxylic acids is 1. The van der Waals surface area contributed by atoms with E-state index in [0.717, 1.165) is 18.8 Å². The molecule has 118 valence electrons. The molecule has 1 saturated heterocycles. The topological polar surface area (TPSA) is 17.1 Å². The Morgan fingerprint density at radius 2 is 1.71 bits per heavy atom. The first-order valence-corrected chi connectivity index (χ1v) is 9.90. The van der Waals surface area contributed by atoms with Crippen molar-refractivity contribution < 1.29 is 4.79 Å². The summed E-state index contributed by atoms with van der Waals surface area (Å²) in [7, 11) is 0. The van der Waals surface area contributed by atoms with E-state index in [0.29, 0.717) is 22.0 Å². The fourth-order valence-corrected chi connectivity index (χ4v) is 8.67. The van der Waals surface area contributed by atoms with Crippen molar-refractivity contribution in [2.75, 3.05) is 5.75 Å². The van der Waals surface area contributed by atoms with Crippen LogP contribution in [0.5, 0.6) is 0 Å². The Morgan fingerprint density at radius 1 is 1.05 bits per heavy atom. The van der Waals surface area contributed by atoms with E-state index < -0.39 is 0 Å². The van der Waals surface area contributed by atoms with Crippen LogP contribution < -0.4 is 0 Å². The second-order valence-electron chi connectivity index (χ2n) is 9.91. The molecule has 5 aliphatic rings. The maximum Gasteiger partial charge on any atom is 0.149 e. The number of hydrogen-bond acceptors (Lipinski definition) is 2. The average Bonchev–Trinajstić information content (AvgIpc) is 2.71. The molecule has 1 heterocycles. The zero-order chi connectivity index (χ0) is 14.9. The van der Waals surface area contributed by atoms with Gasteiger partial charge in [0.05, 0.1) is 4.75 Å². The Hall–Kier alpha value is 0.0200. The van der Waals surface area contributed by atoms with Crippen molar-refractivity contribution in [3.63, 3.8) is 0 Å². The molecule has 3 atom stereocenters. The van der Waals surface area contributed by atoms with Gasteiger partial charge in [-0.05, 0) is 86.2 Å². The quantitative estimate of drug-likeness (QED) is 0.710. The molecule has 4 saturated carbocycles. The predicted molar refractivity (Wildman–Crippen MR) is 89.6 cm³/mol. The molecular formula is C19H30OS. The standard InChI is InChI=1S/C19H30OS/c1-16-7-14-8-17(2,11-16)13-19(9-14,12-16)10-15(20)18(3)5-4-6-21-18/h14H,4-13H2,1-3H3. The van der Waals surface area contributed by atoms with Crippen LogP contribution >= 0.6 is 11.8 Å². The monoisotopic (exact) mass is 306 g/mol. The molecule has 0 amide bonds. The first-order chi connectivity index (χ1) is 9.74. The van der Waals surface area contributed by atoms with Crippen molar-refractivity contribution >= 4 is 17.5 Å². The molecule has 0 aromatic carbocycles. The second-order valence-corrected chi connectivity index (χ2v) is 11.5. The summed E-state index contributed by atoms with van der Waals surface area (Å²) < 4.78 is -0.0505. The molecule has 1 aliphatic heterocycles. The van der Waals surface area contributed by atoms with Gasteiger partial charge in [-0.15, -0.1) is 11.8 Å². The molecule has 21 heavy (non-hydrogen) atoms. The summed E-state index contributed by atoms with van der Waals surface area (Å²) in [6.07, 6.45) is 11.5. The molecule has 0 radical (unpaired) electrons. The summed E-state index contributed by atoms with van der Waals surface area (Å²) in [4.78, 5) is 13.0. The molecule has 5 fully saturated rings. The smallest absolute Gasteiger partial charge is 0.149 e. The molecule has 4 aliphatic carbocycles. The van der Waals surface area contributed by atoms with E-state index >= 15 is 0 Å². The van der Waals surface area contributed by atoms with Crippen molar-refractivity contribution in [2.24, 2.45) is 22.2 Å². The van der Waals surface area contributed by atoms with Gasteiger partial charge in [0.1, 0.15) is 5.78 Å². The first kappa shape index (κ1) is 14.6. The SMILES string of the molecule is CC12CC3CC(C)(C1)CC(CC(=O)C1(C)CCCS1)(C3)C2. The van der Waals surface area contributed by atoms with E-state index in [-0.39, 0.29) is 4.75 Å². The third-order valence-electron chi connectivity index (χ3n) is 7.09. The third-order valence-corrected chi connectivity index (χ3v) is 8.65. The van der Waals surface area contributed by atoms with Crippen molar-refractivity contribution in [2.45, 2.75) is 83.3 Å². The molecule has 0 N–H and O–H groups in total. The van der Waals surface area contributed by atoms with Gasteiger partial charge in [-0.1, -0.05) is 13.8 Å². The fourth-order valence-electron chi connectivity index (χ4n) is 7.41. The van der Waals surface area contributed by atoms with Crippen LogP contribution in [0.4, 0.5) is 0 Å². The maximum atomic E-state index is 13.0. The number of thioether (sulfide) groups is 1. The predicted octanol–water partition coefficient (Wildman–Crippen LogP) is 5.23. The highest BCUT2D eigenvalue weighted by molar-refractivity contribution is 8.01. The first-order valence-electron chi connectivity index (χ1n) is 8.91. The molecular weight excluding hydrogens is 276 g/mol. The molecule has 1 nitrogen and oxygen atoms in total. The Labute approximate surface area is 134 Å². The van der Waals surface area contributed by atoms with Crippen LogP contribution in [-0.4, -0.2) is 16.3 Å². The summed E-state index contributed by atoms with van der Waals surface area (Å²) in [5, 5.41) is 0. The lowest BCUT2D eigenvalue weighted by atomic mass is 9.39. The van der Waals surface area contributed by atoms with Gasteiger partial charge in [0.25, 0.3) is 0 Å². The minimum Gasteiger partial charge on any atom is -0.298 e. The summed E-state index contributed by atoms with van der Waals surface area (Å²) in [5.41, 5.74) is 1.45. The van der Waals surface area contributed by atoms with Crippen LogP contribution in [0.15, 0.2) is 0 Å².